The highest BCUT2D eigenvalue weighted by Gasteiger charge is 2.31. The summed E-state index contributed by atoms with van der Waals surface area (Å²) in [5, 5.41) is 2.95. The van der Waals surface area contributed by atoms with Crippen LogP contribution in [0.5, 0.6) is 0 Å². The van der Waals surface area contributed by atoms with E-state index < -0.39 is 0 Å². The Morgan fingerprint density at radius 1 is 1.47 bits per heavy atom. The Morgan fingerprint density at radius 3 is 2.84 bits per heavy atom. The number of amides is 1. The summed E-state index contributed by atoms with van der Waals surface area (Å²) >= 11 is 0. The Kier molecular flexibility index (Phi) is 7.99. The number of hydrogen-bond acceptors (Lipinski definition) is 3. The predicted molar refractivity (Wildman–Crippen MR) is 82.0 cm³/mol. The number of nitrogens with one attached hydrogen (secondary N) is 1. The molecule has 0 unspecified atom stereocenters. The molecule has 1 saturated carbocycles. The van der Waals surface area contributed by atoms with Crippen molar-refractivity contribution in [3.63, 3.8) is 0 Å². The fraction of sp³-hybridized carbons (Fsp3) is 0.538. The highest BCUT2D eigenvalue weighted by molar-refractivity contribution is 5.92. The Labute approximate surface area is 126 Å². The van der Waals surface area contributed by atoms with Crippen LogP contribution in [0, 0.1) is 18.8 Å². The summed E-state index contributed by atoms with van der Waals surface area (Å²) in [5.41, 5.74) is 7.42. The highest BCUT2D eigenvalue weighted by atomic mass is 35.5. The molecule has 4 nitrogen and oxygen atoms in total. The van der Waals surface area contributed by atoms with Gasteiger partial charge in [0.15, 0.2) is 0 Å². The van der Waals surface area contributed by atoms with E-state index in [0.29, 0.717) is 12.5 Å². The minimum Gasteiger partial charge on any atom is -0.330 e. The molecule has 0 spiro atoms. The molecule has 3 N–H and O–H groups in total. The number of carbonyl (C=O) groups is 1. The minimum atomic E-state index is 0. The number of halogens is 2. The molecule has 0 bridgehead atoms. The van der Waals surface area contributed by atoms with Crippen molar-refractivity contribution >= 4 is 36.4 Å². The molecule has 0 aliphatic heterocycles. The zero-order valence-corrected chi connectivity index (χ0v) is 12.6. The van der Waals surface area contributed by atoms with E-state index in [0.717, 1.165) is 30.6 Å². The van der Waals surface area contributed by atoms with E-state index >= 15 is 0 Å². The van der Waals surface area contributed by atoms with Crippen molar-refractivity contribution in [3.8, 4) is 0 Å². The van der Waals surface area contributed by atoms with Crippen LogP contribution in [0.25, 0.3) is 0 Å². The Balaban J connectivity index is 0.00000162. The van der Waals surface area contributed by atoms with Crippen molar-refractivity contribution < 1.29 is 4.79 Å². The summed E-state index contributed by atoms with van der Waals surface area (Å²) in [5.74, 6) is 0.523. The van der Waals surface area contributed by atoms with Crippen molar-refractivity contribution in [3.05, 3.63) is 24.0 Å². The van der Waals surface area contributed by atoms with Gasteiger partial charge < -0.3 is 11.1 Å². The Hall–Kier alpha value is -0.840. The summed E-state index contributed by atoms with van der Waals surface area (Å²) < 4.78 is 0. The van der Waals surface area contributed by atoms with E-state index in [1.54, 1.807) is 6.20 Å². The van der Waals surface area contributed by atoms with Gasteiger partial charge >= 0.3 is 0 Å². The van der Waals surface area contributed by atoms with Crippen LogP contribution in [-0.2, 0) is 4.79 Å². The lowest BCUT2D eigenvalue weighted by Gasteiger charge is -2.17. The zero-order chi connectivity index (χ0) is 12.3. The van der Waals surface area contributed by atoms with Crippen LogP contribution in [0.2, 0.25) is 0 Å². The number of nitrogens with zero attached hydrogens (tertiary/aromatic N) is 1. The summed E-state index contributed by atoms with van der Waals surface area (Å²) in [7, 11) is 0. The van der Waals surface area contributed by atoms with Crippen LogP contribution < -0.4 is 11.1 Å². The van der Waals surface area contributed by atoms with Gasteiger partial charge in [-0.1, -0.05) is 6.42 Å². The molecular weight excluding hydrogens is 285 g/mol. The Morgan fingerprint density at radius 2 is 2.21 bits per heavy atom. The first-order valence-corrected chi connectivity index (χ1v) is 6.14. The van der Waals surface area contributed by atoms with E-state index in [9.17, 15) is 4.79 Å². The van der Waals surface area contributed by atoms with Crippen molar-refractivity contribution in [1.29, 1.82) is 0 Å². The maximum atomic E-state index is 12.1. The molecule has 1 aromatic heterocycles. The molecule has 1 fully saturated rings. The summed E-state index contributed by atoms with van der Waals surface area (Å²) in [6.45, 7) is 2.52. The van der Waals surface area contributed by atoms with Crippen molar-refractivity contribution in [2.24, 2.45) is 17.6 Å². The molecule has 6 heteroatoms. The lowest BCUT2D eigenvalue weighted by Crippen LogP contribution is -2.29. The van der Waals surface area contributed by atoms with Gasteiger partial charge in [-0.3, -0.25) is 9.78 Å². The molecule has 0 aromatic carbocycles. The van der Waals surface area contributed by atoms with E-state index in [4.69, 9.17) is 5.73 Å². The fourth-order valence-electron chi connectivity index (χ4n) is 2.52. The molecule has 1 aliphatic carbocycles. The number of hydrogen-bond donors (Lipinski definition) is 2. The molecule has 19 heavy (non-hydrogen) atoms. The second kappa shape index (κ2) is 8.35. The average Bonchev–Trinajstić information content (AvgIpc) is 2.77. The van der Waals surface area contributed by atoms with E-state index in [1.165, 1.54) is 0 Å². The summed E-state index contributed by atoms with van der Waals surface area (Å²) in [4.78, 5) is 16.2. The van der Waals surface area contributed by atoms with Crippen LogP contribution >= 0.6 is 24.8 Å². The number of carbonyl (C=O) groups excluding carboxylic acids is 1. The smallest absolute Gasteiger partial charge is 0.227 e. The molecule has 2 atom stereocenters. The predicted octanol–water partition coefficient (Wildman–Crippen LogP) is 2.55. The summed E-state index contributed by atoms with van der Waals surface area (Å²) in [6, 6.07) is 3.70. The molecule has 1 amide bonds. The van der Waals surface area contributed by atoms with Gasteiger partial charge in [0.1, 0.15) is 0 Å². The van der Waals surface area contributed by atoms with Crippen LogP contribution in [-0.4, -0.2) is 17.4 Å². The molecule has 1 aliphatic rings. The second-order valence-electron chi connectivity index (χ2n) is 4.71. The van der Waals surface area contributed by atoms with Crippen LogP contribution in [0.3, 0.4) is 0 Å². The number of aryl methyl sites for hydroxylation is 1. The van der Waals surface area contributed by atoms with Crippen molar-refractivity contribution in [2.75, 3.05) is 11.9 Å². The third kappa shape index (κ3) is 4.64. The topological polar surface area (TPSA) is 68.0 Å². The van der Waals surface area contributed by atoms with Gasteiger partial charge in [-0.15, -0.1) is 24.8 Å². The number of nitrogens with two attached hydrogens (primary N) is 1. The highest BCUT2D eigenvalue weighted by Crippen LogP contribution is 2.31. The monoisotopic (exact) mass is 305 g/mol. The van der Waals surface area contributed by atoms with Gasteiger partial charge in [0.05, 0.1) is 0 Å². The molecule has 0 saturated heterocycles. The quantitative estimate of drug-likeness (QED) is 0.902. The van der Waals surface area contributed by atoms with E-state index in [2.05, 4.69) is 10.3 Å². The number of rotatable bonds is 3. The first kappa shape index (κ1) is 18.2. The average molecular weight is 306 g/mol. The van der Waals surface area contributed by atoms with Gasteiger partial charge in [-0.05, 0) is 44.4 Å². The first-order chi connectivity index (χ1) is 8.20. The normalized spacial score (nSPS) is 21.2. The molecule has 1 aromatic rings. The first-order valence-electron chi connectivity index (χ1n) is 6.14. The largest absolute Gasteiger partial charge is 0.330 e. The maximum Gasteiger partial charge on any atom is 0.227 e. The lowest BCUT2D eigenvalue weighted by atomic mass is 9.95. The third-order valence-electron chi connectivity index (χ3n) is 3.46. The zero-order valence-electron chi connectivity index (χ0n) is 11.0. The molecular formula is C13H21Cl2N3O. The van der Waals surface area contributed by atoms with Gasteiger partial charge in [-0.2, -0.15) is 0 Å². The fourth-order valence-corrected chi connectivity index (χ4v) is 2.52. The SMILES string of the molecule is Cc1cc(NC(=O)[C@@H]2CCC[C@@H]2CN)ccn1.Cl.Cl. The molecule has 0 radical (unpaired) electrons. The number of pyridine rings is 1. The van der Waals surface area contributed by atoms with Gasteiger partial charge in [0, 0.05) is 23.5 Å². The van der Waals surface area contributed by atoms with Crippen LogP contribution in [0.15, 0.2) is 18.3 Å². The molecule has 108 valence electrons. The van der Waals surface area contributed by atoms with Crippen LogP contribution in [0.4, 0.5) is 5.69 Å². The molecule has 1 heterocycles. The number of aromatic nitrogens is 1. The van der Waals surface area contributed by atoms with Gasteiger partial charge in [-0.25, -0.2) is 0 Å². The lowest BCUT2D eigenvalue weighted by molar-refractivity contribution is -0.120. The minimum absolute atomic E-state index is 0. The third-order valence-corrected chi connectivity index (χ3v) is 3.46. The van der Waals surface area contributed by atoms with Crippen molar-refractivity contribution in [1.82, 2.24) is 4.98 Å². The van der Waals surface area contributed by atoms with Gasteiger partial charge in [0.2, 0.25) is 5.91 Å². The number of anilines is 1. The Bertz CT molecular complexity index is 415. The summed E-state index contributed by atoms with van der Waals surface area (Å²) in [6.07, 6.45) is 4.84. The van der Waals surface area contributed by atoms with Gasteiger partial charge in [0.25, 0.3) is 0 Å². The standard InChI is InChI=1S/C13H19N3O.2ClH/c1-9-7-11(5-6-15-9)16-13(17)12-4-2-3-10(12)8-14;;/h5-7,10,12H,2-4,8,14H2,1H3,(H,15,16,17);2*1H/t10-,12-;;/m1../s1. The van der Waals surface area contributed by atoms with Crippen LogP contribution in [0.1, 0.15) is 25.0 Å². The van der Waals surface area contributed by atoms with E-state index in [-0.39, 0.29) is 36.6 Å². The molecule has 2 rings (SSSR count). The van der Waals surface area contributed by atoms with Crippen molar-refractivity contribution in [2.45, 2.75) is 26.2 Å². The second-order valence-corrected chi connectivity index (χ2v) is 4.71. The maximum absolute atomic E-state index is 12.1. The van der Waals surface area contributed by atoms with E-state index in [1.807, 2.05) is 19.1 Å².